The van der Waals surface area contributed by atoms with Gasteiger partial charge in [0.25, 0.3) is 0 Å². The molecule has 0 aliphatic heterocycles. The maximum atomic E-state index is 11.8. The van der Waals surface area contributed by atoms with Gasteiger partial charge in [-0.2, -0.15) is 0 Å². The SMILES string of the molecule is CC(=O)c1c(C)[nH]c(-c2nc(NNc3ccccc3)sc2C)c1C. The first-order valence-electron chi connectivity index (χ1n) is 7.72. The number of nitrogens with zero attached hydrogens (tertiary/aromatic N) is 1. The molecule has 3 N–H and O–H groups in total. The largest absolute Gasteiger partial charge is 0.356 e. The van der Waals surface area contributed by atoms with Crippen molar-refractivity contribution in [1.29, 1.82) is 0 Å². The highest BCUT2D eigenvalue weighted by Gasteiger charge is 2.20. The molecule has 2 aromatic heterocycles. The van der Waals surface area contributed by atoms with Crippen LogP contribution in [0.2, 0.25) is 0 Å². The van der Waals surface area contributed by atoms with E-state index in [9.17, 15) is 4.79 Å². The molecule has 124 valence electrons. The fourth-order valence-electron chi connectivity index (χ4n) is 2.84. The van der Waals surface area contributed by atoms with Crippen LogP contribution >= 0.6 is 11.3 Å². The topological polar surface area (TPSA) is 69.8 Å². The van der Waals surface area contributed by atoms with E-state index in [1.165, 1.54) is 0 Å². The molecule has 0 saturated carbocycles. The lowest BCUT2D eigenvalue weighted by molar-refractivity contribution is 0.101. The van der Waals surface area contributed by atoms with E-state index in [1.807, 2.05) is 51.1 Å². The molecule has 3 aromatic rings. The van der Waals surface area contributed by atoms with Gasteiger partial charge in [0.2, 0.25) is 5.13 Å². The number of H-pyrrole nitrogens is 1. The molecule has 2 heterocycles. The van der Waals surface area contributed by atoms with Crippen molar-refractivity contribution >= 4 is 27.9 Å². The number of carbonyl (C=O) groups excluding carboxylic acids is 1. The second kappa shape index (κ2) is 6.49. The molecule has 0 aliphatic rings. The highest BCUT2D eigenvalue weighted by Crippen LogP contribution is 2.34. The Bertz CT molecular complexity index is 880. The molecule has 24 heavy (non-hydrogen) atoms. The number of aromatic amines is 1. The van der Waals surface area contributed by atoms with Crippen LogP contribution in [0.4, 0.5) is 10.8 Å². The fourth-order valence-corrected chi connectivity index (χ4v) is 3.62. The van der Waals surface area contributed by atoms with Crippen molar-refractivity contribution in [2.24, 2.45) is 0 Å². The summed E-state index contributed by atoms with van der Waals surface area (Å²) in [5, 5.41) is 0.780. The number of benzene rings is 1. The van der Waals surface area contributed by atoms with Gasteiger partial charge in [-0.25, -0.2) is 4.98 Å². The summed E-state index contributed by atoms with van der Waals surface area (Å²) in [5.41, 5.74) is 11.6. The van der Waals surface area contributed by atoms with Crippen molar-refractivity contribution in [3.8, 4) is 11.4 Å². The maximum Gasteiger partial charge on any atom is 0.202 e. The first-order chi connectivity index (χ1) is 11.5. The third kappa shape index (κ3) is 3.05. The van der Waals surface area contributed by atoms with Crippen LogP contribution in [0.5, 0.6) is 0 Å². The third-order valence-electron chi connectivity index (χ3n) is 3.91. The number of para-hydroxylation sites is 1. The number of aryl methyl sites for hydroxylation is 2. The first-order valence-corrected chi connectivity index (χ1v) is 8.54. The molecular weight excluding hydrogens is 320 g/mol. The number of hydrazine groups is 1. The van der Waals surface area contributed by atoms with Crippen LogP contribution in [0.3, 0.4) is 0 Å². The van der Waals surface area contributed by atoms with Crippen molar-refractivity contribution in [2.75, 3.05) is 10.9 Å². The average molecular weight is 340 g/mol. The van der Waals surface area contributed by atoms with Gasteiger partial charge >= 0.3 is 0 Å². The van der Waals surface area contributed by atoms with E-state index in [1.54, 1.807) is 18.3 Å². The average Bonchev–Trinajstić information content (AvgIpc) is 3.05. The number of carbonyl (C=O) groups is 1. The smallest absolute Gasteiger partial charge is 0.202 e. The van der Waals surface area contributed by atoms with E-state index in [4.69, 9.17) is 0 Å². The molecule has 1 aromatic carbocycles. The molecule has 0 saturated heterocycles. The van der Waals surface area contributed by atoms with E-state index >= 15 is 0 Å². The highest BCUT2D eigenvalue weighted by molar-refractivity contribution is 7.16. The predicted octanol–water partition coefficient (Wildman–Crippen LogP) is 4.71. The molecule has 0 spiro atoms. The van der Waals surface area contributed by atoms with Crippen molar-refractivity contribution in [1.82, 2.24) is 9.97 Å². The molecular formula is C18H20N4OS. The molecule has 5 nitrogen and oxygen atoms in total. The van der Waals surface area contributed by atoms with Crippen LogP contribution in [0, 0.1) is 20.8 Å². The second-order valence-corrected chi connectivity index (χ2v) is 6.92. The third-order valence-corrected chi connectivity index (χ3v) is 4.80. The standard InChI is InChI=1S/C18H20N4OS/c1-10-15(12(3)23)11(2)19-16(10)17-13(4)24-18(20-17)22-21-14-8-6-5-7-9-14/h5-9,19,21H,1-4H3,(H,20,22). The minimum atomic E-state index is 0.0736. The number of rotatable bonds is 5. The molecule has 3 rings (SSSR count). The zero-order valence-electron chi connectivity index (χ0n) is 14.2. The van der Waals surface area contributed by atoms with Crippen molar-refractivity contribution < 1.29 is 4.79 Å². The normalized spacial score (nSPS) is 10.7. The van der Waals surface area contributed by atoms with E-state index in [2.05, 4.69) is 20.8 Å². The minimum Gasteiger partial charge on any atom is -0.356 e. The van der Waals surface area contributed by atoms with Crippen LogP contribution in [0.25, 0.3) is 11.4 Å². The lowest BCUT2D eigenvalue weighted by Crippen LogP contribution is -2.07. The number of thiazole rings is 1. The Morgan fingerprint density at radius 1 is 1.12 bits per heavy atom. The van der Waals surface area contributed by atoms with Gasteiger partial charge in [0.05, 0.1) is 11.4 Å². The first kappa shape index (κ1) is 16.3. The Morgan fingerprint density at radius 3 is 2.46 bits per heavy atom. The number of nitrogens with one attached hydrogen (secondary N) is 3. The van der Waals surface area contributed by atoms with Gasteiger partial charge in [-0.15, -0.1) is 11.3 Å². The van der Waals surface area contributed by atoms with Gasteiger partial charge < -0.3 is 4.98 Å². The number of anilines is 2. The Kier molecular flexibility index (Phi) is 4.40. The van der Waals surface area contributed by atoms with Gasteiger partial charge in [0.1, 0.15) is 5.69 Å². The number of Topliss-reactive ketones (excluding diaryl/α,β-unsaturated/α-hetero) is 1. The predicted molar refractivity (Wildman–Crippen MR) is 99.8 cm³/mol. The van der Waals surface area contributed by atoms with E-state index < -0.39 is 0 Å². The Morgan fingerprint density at radius 2 is 1.83 bits per heavy atom. The number of aromatic nitrogens is 2. The molecule has 0 radical (unpaired) electrons. The Hall–Kier alpha value is -2.60. The molecule has 0 unspecified atom stereocenters. The van der Waals surface area contributed by atoms with Gasteiger partial charge in [0.15, 0.2) is 5.78 Å². The Labute approximate surface area is 145 Å². The molecule has 0 aliphatic carbocycles. The quantitative estimate of drug-likeness (QED) is 0.465. The van der Waals surface area contributed by atoms with Gasteiger partial charge in [-0.05, 0) is 45.4 Å². The zero-order chi connectivity index (χ0) is 17.3. The number of hydrogen-bond donors (Lipinski definition) is 3. The van der Waals surface area contributed by atoms with Gasteiger partial charge in [-0.3, -0.25) is 15.6 Å². The van der Waals surface area contributed by atoms with Crippen molar-refractivity contribution in [3.05, 3.63) is 52.0 Å². The summed E-state index contributed by atoms with van der Waals surface area (Å²) >= 11 is 1.57. The van der Waals surface area contributed by atoms with Gasteiger partial charge in [-0.1, -0.05) is 18.2 Å². The Balaban J connectivity index is 1.87. The van der Waals surface area contributed by atoms with Crippen molar-refractivity contribution in [2.45, 2.75) is 27.7 Å². The summed E-state index contributed by atoms with van der Waals surface area (Å²) in [6, 6.07) is 9.87. The lowest BCUT2D eigenvalue weighted by atomic mass is 10.1. The number of hydrogen-bond acceptors (Lipinski definition) is 5. The summed E-state index contributed by atoms with van der Waals surface area (Å²) in [7, 11) is 0. The summed E-state index contributed by atoms with van der Waals surface area (Å²) < 4.78 is 0. The van der Waals surface area contributed by atoms with E-state index in [0.29, 0.717) is 0 Å². The van der Waals surface area contributed by atoms with E-state index in [0.717, 1.165) is 43.9 Å². The second-order valence-electron chi connectivity index (χ2n) is 5.72. The lowest BCUT2D eigenvalue weighted by Gasteiger charge is -2.05. The van der Waals surface area contributed by atoms with E-state index in [-0.39, 0.29) is 5.78 Å². The van der Waals surface area contributed by atoms with Gasteiger partial charge in [0, 0.05) is 16.1 Å². The monoisotopic (exact) mass is 340 g/mol. The van der Waals surface area contributed by atoms with Crippen LogP contribution in [0.1, 0.15) is 33.4 Å². The van der Waals surface area contributed by atoms with Crippen LogP contribution in [-0.2, 0) is 0 Å². The highest BCUT2D eigenvalue weighted by atomic mass is 32.1. The maximum absolute atomic E-state index is 11.8. The van der Waals surface area contributed by atoms with Crippen LogP contribution in [0.15, 0.2) is 30.3 Å². The van der Waals surface area contributed by atoms with Crippen LogP contribution in [-0.4, -0.2) is 15.8 Å². The zero-order valence-corrected chi connectivity index (χ0v) is 15.0. The molecule has 0 fully saturated rings. The number of ketones is 1. The van der Waals surface area contributed by atoms with Crippen LogP contribution < -0.4 is 10.9 Å². The minimum absolute atomic E-state index is 0.0736. The summed E-state index contributed by atoms with van der Waals surface area (Å²) in [6.45, 7) is 7.51. The molecule has 6 heteroatoms. The van der Waals surface area contributed by atoms with Crippen molar-refractivity contribution in [3.63, 3.8) is 0 Å². The summed E-state index contributed by atoms with van der Waals surface area (Å²) in [4.78, 5) is 20.9. The molecule has 0 amide bonds. The summed E-state index contributed by atoms with van der Waals surface area (Å²) in [6.07, 6.45) is 0. The fraction of sp³-hybridized carbons (Fsp3) is 0.222. The summed E-state index contributed by atoms with van der Waals surface area (Å²) in [5.74, 6) is 0.0736. The molecule has 0 bridgehead atoms. The molecule has 0 atom stereocenters.